The van der Waals surface area contributed by atoms with Crippen molar-refractivity contribution in [3.63, 3.8) is 0 Å². The zero-order chi connectivity index (χ0) is 7.61. The Bertz CT molecular complexity index is 160. The number of hydrogen-bond acceptors (Lipinski definition) is 1. The van der Waals surface area contributed by atoms with Crippen LogP contribution < -0.4 is 0 Å². The summed E-state index contributed by atoms with van der Waals surface area (Å²) < 4.78 is 0. The van der Waals surface area contributed by atoms with Gasteiger partial charge in [-0.3, -0.25) is 4.79 Å². The number of allylic oxidation sites excluding steroid dienone is 1. The predicted octanol–water partition coefficient (Wildman–Crippen LogP) is 2.32. The molecule has 0 unspecified atom stereocenters. The molecule has 0 spiro atoms. The summed E-state index contributed by atoms with van der Waals surface area (Å²) in [4.78, 5) is 11.0. The summed E-state index contributed by atoms with van der Waals surface area (Å²) in [5.41, 5.74) is 0.106. The van der Waals surface area contributed by atoms with Crippen LogP contribution in [-0.4, -0.2) is 5.78 Å². The van der Waals surface area contributed by atoms with Gasteiger partial charge in [0.05, 0.1) is 0 Å². The lowest BCUT2D eigenvalue weighted by Crippen LogP contribution is -2.23. The van der Waals surface area contributed by atoms with Crippen LogP contribution in [0, 0.1) is 5.41 Å². The molecule has 0 bridgehead atoms. The molecule has 1 nitrogen and oxygen atoms in total. The first kappa shape index (κ1) is 7.52. The lowest BCUT2D eigenvalue weighted by molar-refractivity contribution is -0.122. The Morgan fingerprint density at radius 1 is 1.70 bits per heavy atom. The van der Waals surface area contributed by atoms with Crippen molar-refractivity contribution >= 4 is 5.78 Å². The molecule has 0 N–H and O–H groups in total. The number of hydrogen-bond donors (Lipinski definition) is 0. The summed E-state index contributed by atoms with van der Waals surface area (Å²) in [6.45, 7) is 5.85. The molecule has 0 aromatic carbocycles. The van der Waals surface area contributed by atoms with Gasteiger partial charge in [-0.15, -0.1) is 6.58 Å². The molecule has 10 heavy (non-hydrogen) atoms. The van der Waals surface area contributed by atoms with Crippen molar-refractivity contribution in [1.82, 2.24) is 0 Å². The monoisotopic (exact) mass is 138 g/mol. The van der Waals surface area contributed by atoms with Crippen LogP contribution in [0.5, 0.6) is 0 Å². The number of carbonyl (C=O) groups is 1. The van der Waals surface area contributed by atoms with E-state index in [0.717, 1.165) is 19.3 Å². The predicted molar refractivity (Wildman–Crippen MR) is 41.8 cm³/mol. The zero-order valence-electron chi connectivity index (χ0n) is 6.52. The summed E-state index contributed by atoms with van der Waals surface area (Å²) >= 11 is 0. The molecular weight excluding hydrogens is 124 g/mol. The first-order valence-corrected chi connectivity index (χ1v) is 3.82. The first-order chi connectivity index (χ1) is 4.66. The fraction of sp³-hybridized carbons (Fsp3) is 0.667. The minimum Gasteiger partial charge on any atom is -0.300 e. The van der Waals surface area contributed by atoms with Crippen molar-refractivity contribution in [3.8, 4) is 0 Å². The fourth-order valence-electron chi connectivity index (χ4n) is 1.49. The molecule has 1 saturated carbocycles. The smallest absolute Gasteiger partial charge is 0.133 e. The molecule has 0 amide bonds. The van der Waals surface area contributed by atoms with Crippen LogP contribution in [-0.2, 0) is 4.79 Å². The normalized spacial score (nSPS) is 33.9. The van der Waals surface area contributed by atoms with Crippen molar-refractivity contribution in [2.45, 2.75) is 32.6 Å². The molecule has 0 aromatic heterocycles. The summed E-state index contributed by atoms with van der Waals surface area (Å²) in [5.74, 6) is 0.397. The summed E-state index contributed by atoms with van der Waals surface area (Å²) in [6.07, 6.45) is 5.58. The van der Waals surface area contributed by atoms with Gasteiger partial charge in [0.1, 0.15) is 5.78 Å². The second-order valence-corrected chi connectivity index (χ2v) is 3.43. The van der Waals surface area contributed by atoms with Gasteiger partial charge in [-0.2, -0.15) is 0 Å². The van der Waals surface area contributed by atoms with E-state index < -0.39 is 0 Å². The van der Waals surface area contributed by atoms with E-state index in [9.17, 15) is 4.79 Å². The van der Waals surface area contributed by atoms with E-state index in [1.165, 1.54) is 0 Å². The Morgan fingerprint density at radius 2 is 2.40 bits per heavy atom. The number of carbonyl (C=O) groups excluding carboxylic acids is 1. The SMILES string of the molecule is C=C[C@@]1(C)CCCC(=O)C1. The fourth-order valence-corrected chi connectivity index (χ4v) is 1.49. The second-order valence-electron chi connectivity index (χ2n) is 3.43. The maximum atomic E-state index is 11.0. The third-order valence-corrected chi connectivity index (χ3v) is 2.30. The van der Waals surface area contributed by atoms with E-state index in [-0.39, 0.29) is 5.41 Å². The standard InChI is InChI=1S/C9H14O/c1-3-9(2)6-4-5-8(10)7-9/h3H,1,4-7H2,2H3/t9-/m0/s1. The van der Waals surface area contributed by atoms with Gasteiger partial charge in [-0.25, -0.2) is 0 Å². The van der Waals surface area contributed by atoms with Crippen molar-refractivity contribution in [1.29, 1.82) is 0 Å². The largest absolute Gasteiger partial charge is 0.300 e. The second kappa shape index (κ2) is 2.57. The lowest BCUT2D eigenvalue weighted by Gasteiger charge is -2.28. The van der Waals surface area contributed by atoms with Crippen LogP contribution in [0.2, 0.25) is 0 Å². The molecule has 1 heteroatoms. The molecule has 0 aliphatic heterocycles. The van der Waals surface area contributed by atoms with Gasteiger partial charge in [0, 0.05) is 12.8 Å². The highest BCUT2D eigenvalue weighted by atomic mass is 16.1. The highest BCUT2D eigenvalue weighted by Gasteiger charge is 2.27. The van der Waals surface area contributed by atoms with Gasteiger partial charge in [0.25, 0.3) is 0 Å². The van der Waals surface area contributed by atoms with E-state index in [4.69, 9.17) is 0 Å². The van der Waals surface area contributed by atoms with E-state index in [1.54, 1.807) is 0 Å². The van der Waals surface area contributed by atoms with Crippen LogP contribution in [0.3, 0.4) is 0 Å². The molecule has 1 aliphatic rings. The summed E-state index contributed by atoms with van der Waals surface area (Å²) in [5, 5.41) is 0. The maximum absolute atomic E-state index is 11.0. The van der Waals surface area contributed by atoms with Crippen LogP contribution in [0.15, 0.2) is 12.7 Å². The Hall–Kier alpha value is -0.590. The van der Waals surface area contributed by atoms with Crippen molar-refractivity contribution < 1.29 is 4.79 Å². The average molecular weight is 138 g/mol. The third kappa shape index (κ3) is 1.47. The van der Waals surface area contributed by atoms with Gasteiger partial charge in [0.15, 0.2) is 0 Å². The van der Waals surface area contributed by atoms with Crippen LogP contribution >= 0.6 is 0 Å². The average Bonchev–Trinajstić information content (AvgIpc) is 1.88. The van der Waals surface area contributed by atoms with E-state index >= 15 is 0 Å². The molecule has 1 aliphatic carbocycles. The summed E-state index contributed by atoms with van der Waals surface area (Å²) in [7, 11) is 0. The Morgan fingerprint density at radius 3 is 2.80 bits per heavy atom. The van der Waals surface area contributed by atoms with Gasteiger partial charge >= 0.3 is 0 Å². The molecule has 0 radical (unpaired) electrons. The molecule has 1 fully saturated rings. The quantitative estimate of drug-likeness (QED) is 0.508. The van der Waals surface area contributed by atoms with Gasteiger partial charge in [-0.05, 0) is 18.3 Å². The molecule has 1 atom stereocenters. The molecule has 1 rings (SSSR count). The van der Waals surface area contributed by atoms with Crippen molar-refractivity contribution in [2.75, 3.05) is 0 Å². The van der Waals surface area contributed by atoms with Crippen LogP contribution in [0.25, 0.3) is 0 Å². The topological polar surface area (TPSA) is 17.1 Å². The minimum atomic E-state index is 0.106. The number of rotatable bonds is 1. The molecule has 0 heterocycles. The van der Waals surface area contributed by atoms with E-state index in [2.05, 4.69) is 13.5 Å². The molecule has 0 aromatic rings. The number of Topliss-reactive ketones (excluding diaryl/α,β-unsaturated/α-hetero) is 1. The van der Waals surface area contributed by atoms with Crippen molar-refractivity contribution in [2.24, 2.45) is 5.41 Å². The van der Waals surface area contributed by atoms with Gasteiger partial charge in [-0.1, -0.05) is 13.0 Å². The Labute approximate surface area is 62.1 Å². The lowest BCUT2D eigenvalue weighted by atomic mass is 9.75. The molecule has 0 saturated heterocycles. The van der Waals surface area contributed by atoms with E-state index in [1.807, 2.05) is 6.08 Å². The maximum Gasteiger partial charge on any atom is 0.133 e. The van der Waals surface area contributed by atoms with Gasteiger partial charge in [0.2, 0.25) is 0 Å². The highest BCUT2D eigenvalue weighted by Crippen LogP contribution is 2.34. The Balaban J connectivity index is 2.61. The van der Waals surface area contributed by atoms with Crippen molar-refractivity contribution in [3.05, 3.63) is 12.7 Å². The third-order valence-electron chi connectivity index (χ3n) is 2.30. The van der Waals surface area contributed by atoms with Gasteiger partial charge < -0.3 is 0 Å². The highest BCUT2D eigenvalue weighted by molar-refractivity contribution is 5.80. The summed E-state index contributed by atoms with van der Waals surface area (Å²) in [6, 6.07) is 0. The van der Waals surface area contributed by atoms with Crippen LogP contribution in [0.1, 0.15) is 32.6 Å². The Kier molecular flexibility index (Phi) is 1.93. The number of ketones is 1. The van der Waals surface area contributed by atoms with E-state index in [0.29, 0.717) is 12.2 Å². The van der Waals surface area contributed by atoms with Crippen LogP contribution in [0.4, 0.5) is 0 Å². The molecular formula is C9H14O. The minimum absolute atomic E-state index is 0.106. The first-order valence-electron chi connectivity index (χ1n) is 3.82. The zero-order valence-corrected chi connectivity index (χ0v) is 6.52. The molecule has 56 valence electrons.